The lowest BCUT2D eigenvalue weighted by Crippen LogP contribution is -2.17. The SMILES string of the molecule is CCCNCCc1coc2ccccc12. The van der Waals surface area contributed by atoms with E-state index in [0.29, 0.717) is 0 Å². The summed E-state index contributed by atoms with van der Waals surface area (Å²) in [7, 11) is 0. The maximum absolute atomic E-state index is 5.48. The molecular weight excluding hydrogens is 186 g/mol. The quantitative estimate of drug-likeness (QED) is 0.756. The Balaban J connectivity index is 2.02. The Morgan fingerprint density at radius 3 is 2.93 bits per heavy atom. The molecule has 15 heavy (non-hydrogen) atoms. The Morgan fingerprint density at radius 2 is 2.07 bits per heavy atom. The number of benzene rings is 1. The fourth-order valence-electron chi connectivity index (χ4n) is 1.75. The molecule has 0 saturated carbocycles. The summed E-state index contributed by atoms with van der Waals surface area (Å²) in [5.41, 5.74) is 2.29. The van der Waals surface area contributed by atoms with Crippen LogP contribution >= 0.6 is 0 Å². The van der Waals surface area contributed by atoms with Crippen LogP contribution in [0.4, 0.5) is 0 Å². The molecule has 0 atom stereocenters. The average molecular weight is 203 g/mol. The van der Waals surface area contributed by atoms with Gasteiger partial charge < -0.3 is 9.73 Å². The summed E-state index contributed by atoms with van der Waals surface area (Å²) in [5, 5.41) is 4.64. The van der Waals surface area contributed by atoms with Crippen molar-refractivity contribution in [3.05, 3.63) is 36.1 Å². The minimum absolute atomic E-state index is 0.989. The second kappa shape index (κ2) is 4.99. The van der Waals surface area contributed by atoms with Gasteiger partial charge in [0.15, 0.2) is 0 Å². The average Bonchev–Trinajstić information content (AvgIpc) is 2.68. The van der Waals surface area contributed by atoms with Crippen LogP contribution < -0.4 is 5.32 Å². The van der Waals surface area contributed by atoms with Crippen LogP contribution in [0.1, 0.15) is 18.9 Å². The van der Waals surface area contributed by atoms with Crippen molar-refractivity contribution in [2.45, 2.75) is 19.8 Å². The topological polar surface area (TPSA) is 25.2 Å². The Kier molecular flexibility index (Phi) is 3.41. The zero-order chi connectivity index (χ0) is 10.5. The van der Waals surface area contributed by atoms with Gasteiger partial charge in [0.2, 0.25) is 0 Å². The van der Waals surface area contributed by atoms with Crippen molar-refractivity contribution < 1.29 is 4.42 Å². The molecule has 0 spiro atoms. The highest BCUT2D eigenvalue weighted by atomic mass is 16.3. The van der Waals surface area contributed by atoms with Crippen molar-refractivity contribution in [1.82, 2.24) is 5.32 Å². The van der Waals surface area contributed by atoms with E-state index < -0.39 is 0 Å². The molecule has 1 N–H and O–H groups in total. The Labute approximate surface area is 90.3 Å². The van der Waals surface area contributed by atoms with Crippen molar-refractivity contribution in [3.8, 4) is 0 Å². The third kappa shape index (κ3) is 2.39. The number of rotatable bonds is 5. The van der Waals surface area contributed by atoms with E-state index in [0.717, 1.165) is 25.1 Å². The third-order valence-corrected chi connectivity index (χ3v) is 2.56. The van der Waals surface area contributed by atoms with Crippen molar-refractivity contribution in [3.63, 3.8) is 0 Å². The molecule has 0 unspecified atom stereocenters. The van der Waals surface area contributed by atoms with E-state index in [2.05, 4.69) is 24.4 Å². The molecule has 2 heteroatoms. The highest BCUT2D eigenvalue weighted by Crippen LogP contribution is 2.20. The number of hydrogen-bond acceptors (Lipinski definition) is 2. The van der Waals surface area contributed by atoms with Crippen LogP contribution in [0.15, 0.2) is 34.9 Å². The van der Waals surface area contributed by atoms with Crippen LogP contribution in [0.3, 0.4) is 0 Å². The molecule has 0 amide bonds. The summed E-state index contributed by atoms with van der Waals surface area (Å²) in [6.45, 7) is 4.30. The Morgan fingerprint density at radius 1 is 1.20 bits per heavy atom. The molecule has 1 aromatic heterocycles. The lowest BCUT2D eigenvalue weighted by molar-refractivity contribution is 0.605. The minimum atomic E-state index is 0.989. The monoisotopic (exact) mass is 203 g/mol. The number of fused-ring (bicyclic) bond motifs is 1. The van der Waals surface area contributed by atoms with Crippen LogP contribution in [-0.4, -0.2) is 13.1 Å². The number of hydrogen-bond donors (Lipinski definition) is 1. The van der Waals surface area contributed by atoms with E-state index in [9.17, 15) is 0 Å². The molecular formula is C13H17NO. The van der Waals surface area contributed by atoms with E-state index in [-0.39, 0.29) is 0 Å². The van der Waals surface area contributed by atoms with Gasteiger partial charge in [-0.15, -0.1) is 0 Å². The third-order valence-electron chi connectivity index (χ3n) is 2.56. The van der Waals surface area contributed by atoms with Gasteiger partial charge in [-0.25, -0.2) is 0 Å². The van der Waals surface area contributed by atoms with E-state index in [1.54, 1.807) is 0 Å². The van der Waals surface area contributed by atoms with Gasteiger partial charge in [-0.2, -0.15) is 0 Å². The van der Waals surface area contributed by atoms with E-state index in [1.165, 1.54) is 17.4 Å². The predicted octanol–water partition coefficient (Wildman–Crippen LogP) is 2.97. The standard InChI is InChI=1S/C13H17NO/c1-2-8-14-9-7-11-10-15-13-6-4-3-5-12(11)13/h3-6,10,14H,2,7-9H2,1H3. The Bertz CT molecular complexity index is 419. The molecule has 1 aromatic carbocycles. The summed E-state index contributed by atoms with van der Waals surface area (Å²) >= 11 is 0. The van der Waals surface area contributed by atoms with Gasteiger partial charge in [0.05, 0.1) is 6.26 Å². The first kappa shape index (κ1) is 10.2. The van der Waals surface area contributed by atoms with Crippen LogP contribution in [0.5, 0.6) is 0 Å². The molecule has 2 nitrogen and oxygen atoms in total. The molecule has 2 aromatic rings. The molecule has 0 aliphatic rings. The summed E-state index contributed by atoms with van der Waals surface area (Å²) in [5.74, 6) is 0. The van der Waals surface area contributed by atoms with Crippen molar-refractivity contribution >= 4 is 11.0 Å². The largest absolute Gasteiger partial charge is 0.464 e. The highest BCUT2D eigenvalue weighted by molar-refractivity contribution is 5.80. The number of para-hydroxylation sites is 1. The second-order valence-corrected chi connectivity index (χ2v) is 3.76. The van der Waals surface area contributed by atoms with Crippen LogP contribution in [-0.2, 0) is 6.42 Å². The minimum Gasteiger partial charge on any atom is -0.464 e. The van der Waals surface area contributed by atoms with Gasteiger partial charge in [-0.3, -0.25) is 0 Å². The summed E-state index contributed by atoms with van der Waals surface area (Å²) in [6.07, 6.45) is 4.10. The van der Waals surface area contributed by atoms with Gasteiger partial charge in [-0.05, 0) is 37.6 Å². The van der Waals surface area contributed by atoms with Crippen LogP contribution in [0, 0.1) is 0 Å². The zero-order valence-corrected chi connectivity index (χ0v) is 9.12. The molecule has 0 saturated heterocycles. The van der Waals surface area contributed by atoms with Gasteiger partial charge in [0, 0.05) is 5.39 Å². The fraction of sp³-hybridized carbons (Fsp3) is 0.385. The molecule has 1 heterocycles. The van der Waals surface area contributed by atoms with Crippen LogP contribution in [0.25, 0.3) is 11.0 Å². The molecule has 2 rings (SSSR count). The normalized spacial score (nSPS) is 11.0. The van der Waals surface area contributed by atoms with E-state index >= 15 is 0 Å². The fourth-order valence-corrected chi connectivity index (χ4v) is 1.75. The van der Waals surface area contributed by atoms with Gasteiger partial charge >= 0.3 is 0 Å². The highest BCUT2D eigenvalue weighted by Gasteiger charge is 2.03. The van der Waals surface area contributed by atoms with Gasteiger partial charge in [-0.1, -0.05) is 25.1 Å². The predicted molar refractivity (Wildman–Crippen MR) is 63.1 cm³/mol. The maximum atomic E-state index is 5.48. The zero-order valence-electron chi connectivity index (χ0n) is 9.12. The second-order valence-electron chi connectivity index (χ2n) is 3.76. The number of nitrogens with one attached hydrogen (secondary N) is 1. The van der Waals surface area contributed by atoms with Gasteiger partial charge in [0.1, 0.15) is 5.58 Å². The summed E-state index contributed by atoms with van der Waals surface area (Å²) in [6, 6.07) is 8.19. The molecule has 0 aliphatic heterocycles. The molecule has 80 valence electrons. The molecule has 0 fully saturated rings. The lowest BCUT2D eigenvalue weighted by Gasteiger charge is -2.00. The molecule has 0 bridgehead atoms. The van der Waals surface area contributed by atoms with Crippen LogP contribution in [0.2, 0.25) is 0 Å². The van der Waals surface area contributed by atoms with Gasteiger partial charge in [0.25, 0.3) is 0 Å². The smallest absolute Gasteiger partial charge is 0.134 e. The van der Waals surface area contributed by atoms with E-state index in [1.807, 2.05) is 18.4 Å². The van der Waals surface area contributed by atoms with E-state index in [4.69, 9.17) is 4.42 Å². The first-order valence-corrected chi connectivity index (χ1v) is 5.57. The first-order chi connectivity index (χ1) is 7.42. The van der Waals surface area contributed by atoms with Crippen molar-refractivity contribution in [2.24, 2.45) is 0 Å². The first-order valence-electron chi connectivity index (χ1n) is 5.57. The summed E-state index contributed by atoms with van der Waals surface area (Å²) < 4.78 is 5.48. The van der Waals surface area contributed by atoms with Crippen molar-refractivity contribution in [2.75, 3.05) is 13.1 Å². The Hall–Kier alpha value is -1.28. The molecule has 0 radical (unpaired) electrons. The summed E-state index contributed by atoms with van der Waals surface area (Å²) in [4.78, 5) is 0. The maximum Gasteiger partial charge on any atom is 0.134 e. The molecule has 0 aliphatic carbocycles. The van der Waals surface area contributed by atoms with Crippen molar-refractivity contribution in [1.29, 1.82) is 0 Å². The number of furan rings is 1. The lowest BCUT2D eigenvalue weighted by atomic mass is 10.1.